The van der Waals surface area contributed by atoms with E-state index in [0.717, 1.165) is 25.7 Å². The lowest BCUT2D eigenvalue weighted by molar-refractivity contribution is -0.157. The lowest BCUT2D eigenvalue weighted by Gasteiger charge is -2.39. The van der Waals surface area contributed by atoms with Gasteiger partial charge < -0.3 is 9.84 Å². The van der Waals surface area contributed by atoms with Crippen LogP contribution in [0.1, 0.15) is 25.7 Å². The SMILES string of the molecule is O=C(O)C1NCCOC12CCCC2. The summed E-state index contributed by atoms with van der Waals surface area (Å²) in [6.07, 6.45) is 3.95. The van der Waals surface area contributed by atoms with Crippen molar-refractivity contribution < 1.29 is 14.6 Å². The Bertz CT molecular complexity index is 211. The minimum absolute atomic E-state index is 0.399. The highest BCUT2D eigenvalue weighted by Crippen LogP contribution is 2.37. The average molecular weight is 185 g/mol. The highest BCUT2D eigenvalue weighted by molar-refractivity contribution is 5.75. The van der Waals surface area contributed by atoms with Gasteiger partial charge in [-0.3, -0.25) is 10.1 Å². The molecule has 0 aromatic rings. The topological polar surface area (TPSA) is 58.6 Å². The van der Waals surface area contributed by atoms with Crippen LogP contribution in [0.3, 0.4) is 0 Å². The van der Waals surface area contributed by atoms with Crippen LogP contribution in [-0.2, 0) is 9.53 Å². The molecular weight excluding hydrogens is 170 g/mol. The van der Waals surface area contributed by atoms with E-state index in [2.05, 4.69) is 5.32 Å². The minimum atomic E-state index is -0.776. The van der Waals surface area contributed by atoms with Crippen molar-refractivity contribution in [2.45, 2.75) is 37.3 Å². The smallest absolute Gasteiger partial charge is 0.323 e. The van der Waals surface area contributed by atoms with Crippen molar-refractivity contribution in [3.05, 3.63) is 0 Å². The summed E-state index contributed by atoms with van der Waals surface area (Å²) < 4.78 is 5.66. The fraction of sp³-hybridized carbons (Fsp3) is 0.889. The lowest BCUT2D eigenvalue weighted by atomic mass is 9.90. The van der Waals surface area contributed by atoms with E-state index in [1.54, 1.807) is 0 Å². The summed E-state index contributed by atoms with van der Waals surface area (Å²) >= 11 is 0. The van der Waals surface area contributed by atoms with E-state index in [1.165, 1.54) is 0 Å². The van der Waals surface area contributed by atoms with Crippen LogP contribution in [0, 0.1) is 0 Å². The molecular formula is C9H15NO3. The van der Waals surface area contributed by atoms with Crippen molar-refractivity contribution in [1.29, 1.82) is 0 Å². The second-order valence-electron chi connectivity index (χ2n) is 3.85. The maximum absolute atomic E-state index is 11.0. The summed E-state index contributed by atoms with van der Waals surface area (Å²) in [5, 5.41) is 12.0. The van der Waals surface area contributed by atoms with Crippen LogP contribution in [-0.4, -0.2) is 35.9 Å². The Morgan fingerprint density at radius 3 is 2.77 bits per heavy atom. The first kappa shape index (κ1) is 8.97. The number of hydrogen-bond acceptors (Lipinski definition) is 3. The van der Waals surface area contributed by atoms with Gasteiger partial charge in [-0.25, -0.2) is 0 Å². The standard InChI is InChI=1S/C9H15NO3/c11-8(12)7-9(3-1-2-4-9)13-6-5-10-7/h7,10H,1-6H2,(H,11,12). The van der Waals surface area contributed by atoms with Gasteiger partial charge in [0.15, 0.2) is 0 Å². The fourth-order valence-corrected chi connectivity index (χ4v) is 2.45. The molecule has 0 radical (unpaired) electrons. The van der Waals surface area contributed by atoms with Crippen LogP contribution >= 0.6 is 0 Å². The van der Waals surface area contributed by atoms with Gasteiger partial charge in [-0.15, -0.1) is 0 Å². The number of carboxylic acids is 1. The Labute approximate surface area is 77.3 Å². The van der Waals surface area contributed by atoms with Crippen LogP contribution in [0.5, 0.6) is 0 Å². The van der Waals surface area contributed by atoms with Crippen LogP contribution < -0.4 is 5.32 Å². The van der Waals surface area contributed by atoms with E-state index in [4.69, 9.17) is 9.84 Å². The highest BCUT2D eigenvalue weighted by atomic mass is 16.5. The average Bonchev–Trinajstić information content (AvgIpc) is 2.54. The summed E-state index contributed by atoms with van der Waals surface area (Å²) in [5.74, 6) is -0.776. The normalized spacial score (nSPS) is 32.2. The fourth-order valence-electron chi connectivity index (χ4n) is 2.45. The number of aliphatic carboxylic acids is 1. The van der Waals surface area contributed by atoms with Gasteiger partial charge in [0.05, 0.1) is 12.2 Å². The molecule has 1 unspecified atom stereocenters. The van der Waals surface area contributed by atoms with E-state index in [9.17, 15) is 4.79 Å². The Hall–Kier alpha value is -0.610. The molecule has 1 aliphatic carbocycles. The zero-order valence-corrected chi connectivity index (χ0v) is 7.58. The van der Waals surface area contributed by atoms with Crippen molar-refractivity contribution in [2.24, 2.45) is 0 Å². The third-order valence-corrected chi connectivity index (χ3v) is 3.06. The molecule has 1 atom stereocenters. The van der Waals surface area contributed by atoms with Crippen molar-refractivity contribution in [3.8, 4) is 0 Å². The molecule has 2 N–H and O–H groups in total. The summed E-state index contributed by atoms with van der Waals surface area (Å²) in [6, 6.07) is -0.497. The first-order chi connectivity index (χ1) is 6.25. The second kappa shape index (κ2) is 3.27. The molecule has 0 aromatic heterocycles. The molecule has 1 heterocycles. The number of nitrogens with one attached hydrogen (secondary N) is 1. The summed E-state index contributed by atoms with van der Waals surface area (Å²) in [7, 11) is 0. The monoisotopic (exact) mass is 185 g/mol. The van der Waals surface area contributed by atoms with Crippen LogP contribution in [0.2, 0.25) is 0 Å². The van der Waals surface area contributed by atoms with Gasteiger partial charge in [-0.1, -0.05) is 12.8 Å². The van der Waals surface area contributed by atoms with E-state index < -0.39 is 17.6 Å². The number of carboxylic acid groups (broad SMARTS) is 1. The first-order valence-corrected chi connectivity index (χ1v) is 4.85. The third-order valence-electron chi connectivity index (χ3n) is 3.06. The van der Waals surface area contributed by atoms with Crippen LogP contribution in [0.15, 0.2) is 0 Å². The third kappa shape index (κ3) is 1.44. The molecule has 1 aliphatic heterocycles. The number of carbonyl (C=O) groups is 1. The molecule has 1 saturated heterocycles. The zero-order chi connectivity index (χ0) is 9.31. The maximum atomic E-state index is 11.0. The van der Waals surface area contributed by atoms with Crippen molar-refractivity contribution >= 4 is 5.97 Å². The molecule has 0 amide bonds. The second-order valence-corrected chi connectivity index (χ2v) is 3.85. The summed E-state index contributed by atoms with van der Waals surface area (Å²) in [6.45, 7) is 1.29. The molecule has 1 saturated carbocycles. The van der Waals surface area contributed by atoms with Gasteiger partial charge in [-0.2, -0.15) is 0 Å². The van der Waals surface area contributed by atoms with Crippen LogP contribution in [0.25, 0.3) is 0 Å². The number of morpholine rings is 1. The van der Waals surface area contributed by atoms with Crippen LogP contribution in [0.4, 0.5) is 0 Å². The molecule has 4 nitrogen and oxygen atoms in total. The van der Waals surface area contributed by atoms with E-state index in [0.29, 0.717) is 13.2 Å². The summed E-state index contributed by atoms with van der Waals surface area (Å²) in [4.78, 5) is 11.0. The van der Waals surface area contributed by atoms with E-state index >= 15 is 0 Å². The Morgan fingerprint density at radius 2 is 2.15 bits per heavy atom. The van der Waals surface area contributed by atoms with E-state index in [1.807, 2.05) is 0 Å². The predicted octanol–water partition coefficient (Wildman–Crippen LogP) is 0.372. The molecule has 2 rings (SSSR count). The number of ether oxygens (including phenoxy) is 1. The highest BCUT2D eigenvalue weighted by Gasteiger charge is 2.47. The van der Waals surface area contributed by atoms with Gasteiger partial charge in [0.1, 0.15) is 6.04 Å². The molecule has 1 spiro atoms. The van der Waals surface area contributed by atoms with Gasteiger partial charge >= 0.3 is 5.97 Å². The predicted molar refractivity (Wildman–Crippen MR) is 46.6 cm³/mol. The molecule has 0 bridgehead atoms. The molecule has 4 heteroatoms. The quantitative estimate of drug-likeness (QED) is 0.619. The lowest BCUT2D eigenvalue weighted by Crippen LogP contribution is -2.60. The van der Waals surface area contributed by atoms with Crippen molar-refractivity contribution in [1.82, 2.24) is 5.32 Å². The molecule has 0 aromatic carbocycles. The molecule has 2 aliphatic rings. The maximum Gasteiger partial charge on any atom is 0.323 e. The van der Waals surface area contributed by atoms with E-state index in [-0.39, 0.29) is 0 Å². The Balaban J connectivity index is 2.16. The molecule has 2 fully saturated rings. The zero-order valence-electron chi connectivity index (χ0n) is 7.58. The Morgan fingerprint density at radius 1 is 1.46 bits per heavy atom. The van der Waals surface area contributed by atoms with Crippen molar-refractivity contribution in [2.75, 3.05) is 13.2 Å². The first-order valence-electron chi connectivity index (χ1n) is 4.85. The Kier molecular flexibility index (Phi) is 2.26. The van der Waals surface area contributed by atoms with Crippen molar-refractivity contribution in [3.63, 3.8) is 0 Å². The number of hydrogen-bond donors (Lipinski definition) is 2. The number of rotatable bonds is 1. The van der Waals surface area contributed by atoms with Gasteiger partial charge in [0, 0.05) is 6.54 Å². The van der Waals surface area contributed by atoms with Gasteiger partial charge in [-0.05, 0) is 12.8 Å². The minimum Gasteiger partial charge on any atom is -0.480 e. The molecule has 13 heavy (non-hydrogen) atoms. The largest absolute Gasteiger partial charge is 0.480 e. The van der Waals surface area contributed by atoms with Gasteiger partial charge in [0.25, 0.3) is 0 Å². The molecule has 74 valence electrons. The summed E-state index contributed by atoms with van der Waals surface area (Å²) in [5.41, 5.74) is -0.399. The van der Waals surface area contributed by atoms with Gasteiger partial charge in [0.2, 0.25) is 0 Å².